The number of benzene rings is 4. The third-order valence-electron chi connectivity index (χ3n) is 5.17. The van der Waals surface area contributed by atoms with Crippen molar-refractivity contribution in [2.24, 2.45) is 0 Å². The first-order valence-electron chi connectivity index (χ1n) is 9.61. The first-order chi connectivity index (χ1) is 14.6. The molecule has 150 valence electrons. The Kier molecular flexibility index (Phi) is 5.81. The van der Waals surface area contributed by atoms with Gasteiger partial charge in [0.2, 0.25) is 0 Å². The van der Waals surface area contributed by atoms with E-state index in [1.165, 1.54) is 7.11 Å². The number of hydrogen-bond acceptors (Lipinski definition) is 3. The van der Waals surface area contributed by atoms with Crippen LogP contribution in [0.3, 0.4) is 0 Å². The van der Waals surface area contributed by atoms with Crippen LogP contribution in [0.25, 0.3) is 21.5 Å². The highest BCUT2D eigenvalue weighted by Crippen LogP contribution is 2.28. The first kappa shape index (κ1) is 20.1. The van der Waals surface area contributed by atoms with Crippen molar-refractivity contribution in [1.29, 1.82) is 0 Å². The van der Waals surface area contributed by atoms with E-state index in [-0.39, 0.29) is 5.91 Å². The largest absolute Gasteiger partial charge is 0.467 e. The summed E-state index contributed by atoms with van der Waals surface area (Å²) in [7, 11) is 1.33. The van der Waals surface area contributed by atoms with Crippen LogP contribution < -0.4 is 5.32 Å². The van der Waals surface area contributed by atoms with E-state index in [0.717, 1.165) is 31.6 Å². The summed E-state index contributed by atoms with van der Waals surface area (Å²) >= 11 is 3.51. The van der Waals surface area contributed by atoms with E-state index in [1.54, 1.807) is 0 Å². The van der Waals surface area contributed by atoms with Gasteiger partial charge in [-0.25, -0.2) is 4.79 Å². The van der Waals surface area contributed by atoms with Gasteiger partial charge in [0.05, 0.1) is 12.7 Å². The topological polar surface area (TPSA) is 55.4 Å². The van der Waals surface area contributed by atoms with Gasteiger partial charge in [-0.15, -0.1) is 0 Å². The summed E-state index contributed by atoms with van der Waals surface area (Å²) in [4.78, 5) is 25.9. The standard InChI is InChI=1S/C25H20BrNO3/c1-30-25(29)22(15-18-10-4-7-13-21(18)26)27-24(28)23-19-11-5-2-8-16(19)14-17-9-3-6-12-20(17)23/h2-14,22H,15H2,1H3,(H,27,28)/t22-/m1/s1. The Balaban J connectivity index is 1.76. The van der Waals surface area contributed by atoms with Gasteiger partial charge in [0, 0.05) is 10.9 Å². The molecule has 4 nitrogen and oxygen atoms in total. The molecule has 0 spiro atoms. The molecule has 0 aliphatic rings. The molecule has 5 heteroatoms. The predicted molar refractivity (Wildman–Crippen MR) is 123 cm³/mol. The van der Waals surface area contributed by atoms with Crippen LogP contribution >= 0.6 is 15.9 Å². The summed E-state index contributed by atoms with van der Waals surface area (Å²) < 4.78 is 5.85. The zero-order valence-electron chi connectivity index (χ0n) is 16.4. The number of carbonyl (C=O) groups excluding carboxylic acids is 2. The van der Waals surface area contributed by atoms with Crippen molar-refractivity contribution in [3.05, 3.63) is 94.5 Å². The second-order valence-electron chi connectivity index (χ2n) is 7.04. The Morgan fingerprint density at radius 3 is 2.07 bits per heavy atom. The van der Waals surface area contributed by atoms with Crippen LogP contribution in [0.2, 0.25) is 0 Å². The number of fused-ring (bicyclic) bond motifs is 2. The minimum Gasteiger partial charge on any atom is -0.467 e. The summed E-state index contributed by atoms with van der Waals surface area (Å²) in [5, 5.41) is 6.55. The molecule has 0 fully saturated rings. The highest BCUT2D eigenvalue weighted by Gasteiger charge is 2.25. The Bertz CT molecular complexity index is 1200. The second-order valence-corrected chi connectivity index (χ2v) is 7.89. The molecule has 1 amide bonds. The lowest BCUT2D eigenvalue weighted by Crippen LogP contribution is -2.43. The van der Waals surface area contributed by atoms with E-state index in [0.29, 0.717) is 12.0 Å². The Hall–Kier alpha value is -3.18. The Labute approximate surface area is 183 Å². The van der Waals surface area contributed by atoms with Crippen LogP contribution in [0.1, 0.15) is 15.9 Å². The molecule has 0 bridgehead atoms. The summed E-state index contributed by atoms with van der Waals surface area (Å²) in [6, 6.07) is 24.4. The minimum atomic E-state index is -0.807. The molecule has 4 rings (SSSR count). The van der Waals surface area contributed by atoms with Crippen LogP contribution in [0.5, 0.6) is 0 Å². The summed E-state index contributed by atoms with van der Waals surface area (Å²) in [6.07, 6.45) is 0.322. The fraction of sp³-hybridized carbons (Fsp3) is 0.120. The average Bonchev–Trinajstić information content (AvgIpc) is 2.77. The first-order valence-corrected chi connectivity index (χ1v) is 10.4. The van der Waals surface area contributed by atoms with E-state index in [1.807, 2.05) is 72.8 Å². The van der Waals surface area contributed by atoms with E-state index in [4.69, 9.17) is 4.74 Å². The highest BCUT2D eigenvalue weighted by atomic mass is 79.9. The van der Waals surface area contributed by atoms with E-state index in [2.05, 4.69) is 27.3 Å². The van der Waals surface area contributed by atoms with Gasteiger partial charge in [-0.05, 0) is 39.2 Å². The number of nitrogens with one attached hydrogen (secondary N) is 1. The quantitative estimate of drug-likeness (QED) is 0.325. The number of ether oxygens (including phenoxy) is 1. The third-order valence-corrected chi connectivity index (χ3v) is 5.94. The SMILES string of the molecule is COC(=O)[C@@H](Cc1ccccc1Br)NC(=O)c1c2ccccc2cc2ccccc12. The fourth-order valence-corrected chi connectivity index (χ4v) is 4.15. The van der Waals surface area contributed by atoms with Crippen molar-refractivity contribution in [3.63, 3.8) is 0 Å². The van der Waals surface area contributed by atoms with E-state index in [9.17, 15) is 9.59 Å². The van der Waals surface area contributed by atoms with Crippen LogP contribution in [0.4, 0.5) is 0 Å². The van der Waals surface area contributed by atoms with Crippen LogP contribution in [0.15, 0.2) is 83.3 Å². The van der Waals surface area contributed by atoms with Gasteiger partial charge in [0.15, 0.2) is 0 Å². The maximum Gasteiger partial charge on any atom is 0.328 e. The summed E-state index contributed by atoms with van der Waals surface area (Å²) in [5.74, 6) is -0.783. The molecule has 0 saturated carbocycles. The van der Waals surface area contributed by atoms with Gasteiger partial charge in [-0.3, -0.25) is 4.79 Å². The van der Waals surface area contributed by atoms with Gasteiger partial charge in [0.25, 0.3) is 5.91 Å². The minimum absolute atomic E-state index is 0.301. The monoisotopic (exact) mass is 461 g/mol. The molecule has 4 aromatic carbocycles. The van der Waals surface area contributed by atoms with Crippen molar-refractivity contribution in [1.82, 2.24) is 5.32 Å². The maximum atomic E-state index is 13.4. The maximum absolute atomic E-state index is 13.4. The summed E-state index contributed by atoms with van der Waals surface area (Å²) in [6.45, 7) is 0. The van der Waals surface area contributed by atoms with Gasteiger partial charge < -0.3 is 10.1 Å². The normalized spacial score (nSPS) is 11.9. The third kappa shape index (κ3) is 3.94. The molecule has 1 N–H and O–H groups in total. The van der Waals surface area contributed by atoms with Gasteiger partial charge >= 0.3 is 5.97 Å². The molecule has 0 unspecified atom stereocenters. The number of halogens is 1. The Morgan fingerprint density at radius 2 is 1.47 bits per heavy atom. The Morgan fingerprint density at radius 1 is 0.900 bits per heavy atom. The van der Waals surface area contributed by atoms with Crippen molar-refractivity contribution < 1.29 is 14.3 Å². The fourth-order valence-electron chi connectivity index (χ4n) is 3.71. The molecule has 4 aromatic rings. The zero-order valence-corrected chi connectivity index (χ0v) is 18.0. The van der Waals surface area contributed by atoms with Crippen LogP contribution in [0, 0.1) is 0 Å². The molecular formula is C25H20BrNO3. The van der Waals surface area contributed by atoms with Crippen molar-refractivity contribution >= 4 is 49.4 Å². The molecule has 0 aliphatic carbocycles. The number of carbonyl (C=O) groups is 2. The predicted octanol–water partition coefficient (Wildman–Crippen LogP) is 5.27. The van der Waals surface area contributed by atoms with E-state index < -0.39 is 12.0 Å². The number of rotatable bonds is 5. The molecule has 0 saturated heterocycles. The van der Waals surface area contributed by atoms with E-state index >= 15 is 0 Å². The molecular weight excluding hydrogens is 442 g/mol. The molecule has 0 aliphatic heterocycles. The van der Waals surface area contributed by atoms with Crippen molar-refractivity contribution in [3.8, 4) is 0 Å². The number of methoxy groups -OCH3 is 1. The van der Waals surface area contributed by atoms with Crippen LogP contribution in [-0.2, 0) is 16.0 Å². The van der Waals surface area contributed by atoms with Crippen molar-refractivity contribution in [2.75, 3.05) is 7.11 Å². The highest BCUT2D eigenvalue weighted by molar-refractivity contribution is 9.10. The molecule has 30 heavy (non-hydrogen) atoms. The lowest BCUT2D eigenvalue weighted by atomic mass is 9.95. The van der Waals surface area contributed by atoms with Crippen molar-refractivity contribution in [2.45, 2.75) is 12.5 Å². The lowest BCUT2D eigenvalue weighted by Gasteiger charge is -2.19. The zero-order chi connectivity index (χ0) is 21.1. The number of amides is 1. The lowest BCUT2D eigenvalue weighted by molar-refractivity contribution is -0.142. The smallest absolute Gasteiger partial charge is 0.328 e. The molecule has 0 heterocycles. The molecule has 1 atom stereocenters. The second kappa shape index (κ2) is 8.67. The molecule has 0 aromatic heterocycles. The summed E-state index contributed by atoms with van der Waals surface area (Å²) in [5.41, 5.74) is 1.47. The number of esters is 1. The van der Waals surface area contributed by atoms with Gasteiger partial charge in [-0.1, -0.05) is 82.7 Å². The van der Waals surface area contributed by atoms with Crippen LogP contribution in [-0.4, -0.2) is 25.0 Å². The van der Waals surface area contributed by atoms with Gasteiger partial charge in [0.1, 0.15) is 6.04 Å². The average molecular weight is 462 g/mol. The number of hydrogen-bond donors (Lipinski definition) is 1. The molecule has 0 radical (unpaired) electrons. The van der Waals surface area contributed by atoms with Gasteiger partial charge in [-0.2, -0.15) is 0 Å².